The molecule has 168 valence electrons. The van der Waals surface area contributed by atoms with Gasteiger partial charge in [0.15, 0.2) is 17.3 Å². The van der Waals surface area contributed by atoms with Gasteiger partial charge < -0.3 is 14.6 Å². The van der Waals surface area contributed by atoms with E-state index in [1.165, 1.54) is 0 Å². The molecule has 1 heterocycles. The minimum absolute atomic E-state index is 0.173. The van der Waals surface area contributed by atoms with Crippen LogP contribution in [-0.2, 0) is 11.2 Å². The van der Waals surface area contributed by atoms with Crippen LogP contribution in [-0.4, -0.2) is 35.7 Å². The first-order valence-electron chi connectivity index (χ1n) is 11.1. The first kappa shape index (κ1) is 22.6. The number of methoxy groups -OCH3 is 1. The molecule has 0 bridgehead atoms. The van der Waals surface area contributed by atoms with E-state index < -0.39 is 6.61 Å². The molecule has 1 N–H and O–H groups in total. The number of aromatic nitrogens is 1. The van der Waals surface area contributed by atoms with Gasteiger partial charge in [-0.3, -0.25) is 9.78 Å². The van der Waals surface area contributed by atoms with E-state index in [0.29, 0.717) is 29.9 Å². The van der Waals surface area contributed by atoms with Crippen molar-refractivity contribution in [1.82, 2.24) is 4.98 Å². The number of pyridine rings is 1. The van der Waals surface area contributed by atoms with Gasteiger partial charge in [0.25, 0.3) is 0 Å². The average Bonchev–Trinajstić information content (AvgIpc) is 3.09. The average molecular weight is 442 g/mol. The van der Waals surface area contributed by atoms with Gasteiger partial charge in [-0.25, -0.2) is 0 Å². The molecular weight excluding hydrogens is 414 g/mol. The maximum atomic E-state index is 12.1. The van der Waals surface area contributed by atoms with Crippen LogP contribution in [0.25, 0.3) is 10.8 Å². The number of allylic oxidation sites excluding steroid dienone is 1. The van der Waals surface area contributed by atoms with Crippen molar-refractivity contribution in [2.75, 3.05) is 13.7 Å². The Labute approximate surface area is 194 Å². The van der Waals surface area contributed by atoms with Gasteiger partial charge in [-0.2, -0.15) is 0 Å². The molecule has 2 aromatic carbocycles. The van der Waals surface area contributed by atoms with Gasteiger partial charge >= 0.3 is 0 Å². The molecule has 0 fully saturated rings. The third-order valence-corrected chi connectivity index (χ3v) is 5.96. The number of hydrogen-bond donors (Lipinski definition) is 1. The molecule has 3 aromatic rings. The van der Waals surface area contributed by atoms with E-state index in [0.717, 1.165) is 46.9 Å². The normalized spacial score (nSPS) is 15.9. The summed E-state index contributed by atoms with van der Waals surface area (Å²) in [4.78, 5) is 16.7. The number of nitrogens with zero attached hydrogens (tertiary/aromatic N) is 1. The molecule has 1 aromatic heterocycles. The molecule has 5 heteroatoms. The van der Waals surface area contributed by atoms with Gasteiger partial charge in [-0.05, 0) is 66.1 Å². The molecule has 5 nitrogen and oxygen atoms in total. The number of aliphatic hydroxyl groups excluding tert-OH is 1. The standard InChI is InChI=1S/C28H27NO4/c1-3-19-7-6-8-20(13-19)14-25-24-17-28(27(32-2)16-21(24)11-12-29-25)33-23-10-5-4-9-22(15-23)26(31)18-30/h1,6-9,11-13,16-17,23,30H,4-5,10,14-15,18H2,2H3. The van der Waals surface area contributed by atoms with Crippen molar-refractivity contribution in [1.29, 1.82) is 0 Å². The van der Waals surface area contributed by atoms with Gasteiger partial charge in [0, 0.05) is 30.0 Å². The number of ether oxygens (including phenoxy) is 2. The molecule has 0 aliphatic heterocycles. The van der Waals surface area contributed by atoms with E-state index in [1.807, 2.05) is 48.5 Å². The van der Waals surface area contributed by atoms with Crippen LogP contribution in [0.2, 0.25) is 0 Å². The second-order valence-corrected chi connectivity index (χ2v) is 8.19. The van der Waals surface area contributed by atoms with Crippen molar-refractivity contribution in [2.24, 2.45) is 0 Å². The Hall–Kier alpha value is -3.62. The molecule has 0 saturated heterocycles. The van der Waals surface area contributed by atoms with Gasteiger partial charge in [-0.15, -0.1) is 6.42 Å². The van der Waals surface area contributed by atoms with E-state index >= 15 is 0 Å². The van der Waals surface area contributed by atoms with Crippen molar-refractivity contribution in [3.8, 4) is 23.8 Å². The molecular formula is C28H27NO4. The van der Waals surface area contributed by atoms with Crippen LogP contribution < -0.4 is 9.47 Å². The largest absolute Gasteiger partial charge is 0.493 e. The van der Waals surface area contributed by atoms with Crippen LogP contribution in [0, 0.1) is 12.3 Å². The predicted molar refractivity (Wildman–Crippen MR) is 129 cm³/mol. The lowest BCUT2D eigenvalue weighted by atomic mass is 10.0. The lowest BCUT2D eigenvalue weighted by Gasteiger charge is -2.21. The SMILES string of the molecule is C#Cc1cccc(Cc2nccc3cc(OC)c(OC4CCCC=C(C(=O)CO)C4)cc23)c1. The summed E-state index contributed by atoms with van der Waals surface area (Å²) in [5.74, 6) is 3.70. The zero-order valence-corrected chi connectivity index (χ0v) is 18.7. The Morgan fingerprint density at radius 3 is 2.91 bits per heavy atom. The molecule has 1 aliphatic rings. The highest BCUT2D eigenvalue weighted by molar-refractivity contribution is 5.96. The number of benzene rings is 2. The summed E-state index contributed by atoms with van der Waals surface area (Å²) >= 11 is 0. The maximum absolute atomic E-state index is 12.1. The van der Waals surface area contributed by atoms with E-state index in [2.05, 4.69) is 10.9 Å². The lowest BCUT2D eigenvalue weighted by molar-refractivity contribution is -0.118. The van der Waals surface area contributed by atoms with Crippen LogP contribution in [0.1, 0.15) is 42.5 Å². The van der Waals surface area contributed by atoms with E-state index in [-0.39, 0.29) is 11.9 Å². The minimum Gasteiger partial charge on any atom is -0.493 e. The number of hydrogen-bond acceptors (Lipinski definition) is 5. The van der Waals surface area contributed by atoms with Crippen LogP contribution in [0.3, 0.4) is 0 Å². The number of fused-ring (bicyclic) bond motifs is 1. The van der Waals surface area contributed by atoms with Gasteiger partial charge in [0.1, 0.15) is 12.7 Å². The molecule has 1 unspecified atom stereocenters. The van der Waals surface area contributed by atoms with Crippen molar-refractivity contribution in [3.63, 3.8) is 0 Å². The van der Waals surface area contributed by atoms with Gasteiger partial charge in [0.2, 0.25) is 0 Å². The Bertz CT molecular complexity index is 1240. The summed E-state index contributed by atoms with van der Waals surface area (Å²) in [6.45, 7) is -0.478. The Kier molecular flexibility index (Phi) is 7.07. The second-order valence-electron chi connectivity index (χ2n) is 8.19. The number of carbonyl (C=O) groups excluding carboxylic acids is 1. The molecule has 0 amide bonds. The monoisotopic (exact) mass is 441 g/mol. The number of ketones is 1. The van der Waals surface area contributed by atoms with Crippen LogP contribution in [0.5, 0.6) is 11.5 Å². The minimum atomic E-state index is -0.478. The third kappa shape index (κ3) is 5.24. The van der Waals surface area contributed by atoms with Crippen LogP contribution >= 0.6 is 0 Å². The molecule has 1 atom stereocenters. The van der Waals surface area contributed by atoms with E-state index in [1.54, 1.807) is 13.3 Å². The van der Waals surface area contributed by atoms with Crippen molar-refractivity contribution in [2.45, 2.75) is 38.2 Å². The van der Waals surface area contributed by atoms with Crippen molar-refractivity contribution < 1.29 is 19.4 Å². The summed E-state index contributed by atoms with van der Waals surface area (Å²) in [5, 5.41) is 11.3. The number of Topliss-reactive ketones (excluding diaryl/α,β-unsaturated/α-hetero) is 1. The first-order valence-corrected chi connectivity index (χ1v) is 11.1. The maximum Gasteiger partial charge on any atom is 0.183 e. The Morgan fingerprint density at radius 2 is 2.12 bits per heavy atom. The molecule has 1 aliphatic carbocycles. The van der Waals surface area contributed by atoms with E-state index in [9.17, 15) is 9.90 Å². The van der Waals surface area contributed by atoms with Crippen molar-refractivity contribution >= 4 is 16.6 Å². The second kappa shape index (κ2) is 10.3. The number of rotatable bonds is 7. The van der Waals surface area contributed by atoms with Crippen LogP contribution in [0.4, 0.5) is 0 Å². The highest BCUT2D eigenvalue weighted by atomic mass is 16.5. The third-order valence-electron chi connectivity index (χ3n) is 5.96. The number of aliphatic hydroxyl groups is 1. The summed E-state index contributed by atoms with van der Waals surface area (Å²) < 4.78 is 12.0. The molecule has 0 spiro atoms. The number of carbonyl (C=O) groups is 1. The molecule has 0 radical (unpaired) electrons. The quantitative estimate of drug-likeness (QED) is 0.542. The fourth-order valence-electron chi connectivity index (χ4n) is 4.26. The number of terminal acetylenes is 1. The topological polar surface area (TPSA) is 68.7 Å². The highest BCUT2D eigenvalue weighted by Gasteiger charge is 2.22. The molecule has 0 saturated carbocycles. The lowest BCUT2D eigenvalue weighted by Crippen LogP contribution is -2.20. The summed E-state index contributed by atoms with van der Waals surface area (Å²) in [6.07, 6.45) is 12.8. The Balaban J connectivity index is 1.67. The fraction of sp³-hybridized carbons (Fsp3) is 0.286. The summed E-state index contributed by atoms with van der Waals surface area (Å²) in [6, 6.07) is 13.8. The fourth-order valence-corrected chi connectivity index (χ4v) is 4.26. The Morgan fingerprint density at radius 1 is 1.24 bits per heavy atom. The van der Waals surface area contributed by atoms with Crippen molar-refractivity contribution in [3.05, 3.63) is 77.1 Å². The van der Waals surface area contributed by atoms with Gasteiger partial charge in [-0.1, -0.05) is 24.1 Å². The first-order chi connectivity index (χ1) is 16.1. The van der Waals surface area contributed by atoms with Crippen LogP contribution in [0.15, 0.2) is 60.3 Å². The highest BCUT2D eigenvalue weighted by Crippen LogP contribution is 2.36. The zero-order chi connectivity index (χ0) is 23.2. The predicted octanol–water partition coefficient (Wildman–Crippen LogP) is 4.62. The van der Waals surface area contributed by atoms with E-state index in [4.69, 9.17) is 15.9 Å². The summed E-state index contributed by atoms with van der Waals surface area (Å²) in [5.41, 5.74) is 3.49. The molecule has 33 heavy (non-hydrogen) atoms. The smallest absolute Gasteiger partial charge is 0.183 e. The zero-order valence-electron chi connectivity index (χ0n) is 18.7. The molecule has 4 rings (SSSR count). The summed E-state index contributed by atoms with van der Waals surface area (Å²) in [7, 11) is 1.62. The van der Waals surface area contributed by atoms with Gasteiger partial charge in [0.05, 0.1) is 12.8 Å².